The molecular formula is C12H9NO2S. The fourth-order valence-corrected chi connectivity index (χ4v) is 1.73. The molecule has 0 N–H and O–H groups in total. The molecule has 0 saturated carbocycles. The quantitative estimate of drug-likeness (QED) is 0.797. The Morgan fingerprint density at radius 2 is 1.31 bits per heavy atom. The van der Waals surface area contributed by atoms with E-state index in [0.29, 0.717) is 5.69 Å². The number of rotatable bonds is 2. The van der Waals surface area contributed by atoms with Crippen LogP contribution in [0.2, 0.25) is 0 Å². The van der Waals surface area contributed by atoms with Crippen LogP contribution in [-0.2, 0) is 10.5 Å². The Bertz CT molecular complexity index is 593. The summed E-state index contributed by atoms with van der Waals surface area (Å²) < 4.78 is 24.1. The monoisotopic (exact) mass is 231 g/mol. The summed E-state index contributed by atoms with van der Waals surface area (Å²) in [7, 11) is -2.39. The highest BCUT2D eigenvalue weighted by molar-refractivity contribution is 7.61. The van der Waals surface area contributed by atoms with Crippen molar-refractivity contribution >= 4 is 16.2 Å². The summed E-state index contributed by atoms with van der Waals surface area (Å²) in [4.78, 5) is 0. The molecule has 2 aromatic carbocycles. The minimum Gasteiger partial charge on any atom is -0.163 e. The maximum atomic E-state index is 10.4. The summed E-state index contributed by atoms with van der Waals surface area (Å²) in [6.07, 6.45) is 0. The van der Waals surface area contributed by atoms with E-state index in [1.165, 1.54) is 0 Å². The molecule has 0 spiro atoms. The molecule has 80 valence electrons. The van der Waals surface area contributed by atoms with E-state index in [2.05, 4.69) is 4.36 Å². The van der Waals surface area contributed by atoms with Crippen molar-refractivity contribution in [1.29, 1.82) is 0 Å². The number of benzene rings is 2. The standard InChI is InChI=1S/C12H9NO2S/c14-16(15)13-12-8-6-11(7-9-12)10-4-2-1-3-5-10/h1-9H. The number of hydrogen-bond donors (Lipinski definition) is 0. The highest BCUT2D eigenvalue weighted by Crippen LogP contribution is 2.21. The van der Waals surface area contributed by atoms with Crippen molar-refractivity contribution in [3.8, 4) is 11.1 Å². The van der Waals surface area contributed by atoms with Crippen LogP contribution in [0.3, 0.4) is 0 Å². The molecular weight excluding hydrogens is 222 g/mol. The van der Waals surface area contributed by atoms with Crippen LogP contribution in [0.5, 0.6) is 0 Å². The molecule has 0 aliphatic heterocycles. The van der Waals surface area contributed by atoms with Crippen molar-refractivity contribution in [2.45, 2.75) is 0 Å². The third-order valence-electron chi connectivity index (χ3n) is 2.15. The molecule has 0 aromatic heterocycles. The van der Waals surface area contributed by atoms with E-state index < -0.39 is 10.5 Å². The average molecular weight is 231 g/mol. The maximum Gasteiger partial charge on any atom is 0.316 e. The van der Waals surface area contributed by atoms with Crippen molar-refractivity contribution in [3.05, 3.63) is 54.6 Å². The summed E-state index contributed by atoms with van der Waals surface area (Å²) >= 11 is 0. The topological polar surface area (TPSA) is 46.5 Å². The van der Waals surface area contributed by atoms with Gasteiger partial charge in [0.2, 0.25) is 0 Å². The van der Waals surface area contributed by atoms with E-state index >= 15 is 0 Å². The van der Waals surface area contributed by atoms with Gasteiger partial charge in [0.15, 0.2) is 0 Å². The van der Waals surface area contributed by atoms with Gasteiger partial charge < -0.3 is 0 Å². The third-order valence-corrected chi connectivity index (χ3v) is 2.51. The van der Waals surface area contributed by atoms with E-state index in [9.17, 15) is 8.42 Å². The molecule has 4 heteroatoms. The van der Waals surface area contributed by atoms with Crippen molar-refractivity contribution in [1.82, 2.24) is 0 Å². The summed E-state index contributed by atoms with van der Waals surface area (Å²) in [6, 6.07) is 16.9. The Morgan fingerprint density at radius 3 is 1.88 bits per heavy atom. The van der Waals surface area contributed by atoms with Crippen molar-refractivity contribution < 1.29 is 8.42 Å². The van der Waals surface area contributed by atoms with Gasteiger partial charge in [-0.3, -0.25) is 0 Å². The van der Waals surface area contributed by atoms with Gasteiger partial charge in [-0.15, -0.1) is 4.36 Å². The van der Waals surface area contributed by atoms with Crippen molar-refractivity contribution in [3.63, 3.8) is 0 Å². The Morgan fingerprint density at radius 1 is 0.750 bits per heavy atom. The third kappa shape index (κ3) is 2.55. The lowest BCUT2D eigenvalue weighted by atomic mass is 10.1. The fraction of sp³-hybridized carbons (Fsp3) is 0. The zero-order valence-electron chi connectivity index (χ0n) is 8.37. The van der Waals surface area contributed by atoms with Crippen LogP contribution in [-0.4, -0.2) is 8.42 Å². The second-order valence-electron chi connectivity index (χ2n) is 3.22. The number of nitrogens with zero attached hydrogens (tertiary/aromatic N) is 1. The SMILES string of the molecule is O=S(=O)=Nc1ccc(-c2ccccc2)cc1. The molecule has 16 heavy (non-hydrogen) atoms. The van der Waals surface area contributed by atoms with Gasteiger partial charge in [-0.25, -0.2) is 0 Å². The van der Waals surface area contributed by atoms with Crippen LogP contribution in [0.25, 0.3) is 11.1 Å². The summed E-state index contributed by atoms with van der Waals surface area (Å²) in [5, 5.41) is 0. The summed E-state index contributed by atoms with van der Waals surface area (Å²) in [5.74, 6) is 0. The van der Waals surface area contributed by atoms with E-state index in [0.717, 1.165) is 11.1 Å². The molecule has 3 nitrogen and oxygen atoms in total. The molecule has 0 bridgehead atoms. The largest absolute Gasteiger partial charge is 0.316 e. The van der Waals surface area contributed by atoms with Crippen molar-refractivity contribution in [2.75, 3.05) is 0 Å². The maximum absolute atomic E-state index is 10.4. The van der Waals surface area contributed by atoms with Gasteiger partial charge in [-0.1, -0.05) is 42.5 Å². The molecule has 2 rings (SSSR count). The van der Waals surface area contributed by atoms with Gasteiger partial charge in [0, 0.05) is 0 Å². The lowest BCUT2D eigenvalue weighted by molar-refractivity contribution is 0.622. The molecule has 0 amide bonds. The molecule has 0 radical (unpaired) electrons. The van der Waals surface area contributed by atoms with Gasteiger partial charge in [-0.2, -0.15) is 8.42 Å². The minimum atomic E-state index is -2.39. The normalized spacial score (nSPS) is 9.75. The smallest absolute Gasteiger partial charge is 0.163 e. The molecule has 0 unspecified atom stereocenters. The first-order valence-electron chi connectivity index (χ1n) is 4.72. The predicted molar refractivity (Wildman–Crippen MR) is 62.9 cm³/mol. The minimum absolute atomic E-state index is 0.438. The van der Waals surface area contributed by atoms with E-state index in [1.807, 2.05) is 42.5 Å². The second-order valence-corrected chi connectivity index (χ2v) is 3.84. The van der Waals surface area contributed by atoms with Crippen LogP contribution >= 0.6 is 0 Å². The second kappa shape index (κ2) is 4.72. The Balaban J connectivity index is 2.37. The Labute approximate surface area is 95.1 Å². The highest BCUT2D eigenvalue weighted by Gasteiger charge is 1.96. The molecule has 0 aliphatic carbocycles. The van der Waals surface area contributed by atoms with E-state index in [-0.39, 0.29) is 0 Å². The molecule has 0 atom stereocenters. The molecule has 0 aliphatic rings. The molecule has 2 aromatic rings. The van der Waals surface area contributed by atoms with Crippen LogP contribution in [0.15, 0.2) is 59.0 Å². The van der Waals surface area contributed by atoms with E-state index in [1.54, 1.807) is 12.1 Å². The zero-order valence-corrected chi connectivity index (χ0v) is 9.18. The Hall–Kier alpha value is -1.94. The molecule has 0 saturated heterocycles. The predicted octanol–water partition coefficient (Wildman–Crippen LogP) is 3.05. The molecule has 0 fully saturated rings. The van der Waals surface area contributed by atoms with Crippen LogP contribution in [0.4, 0.5) is 5.69 Å². The summed E-state index contributed by atoms with van der Waals surface area (Å²) in [6.45, 7) is 0. The Kier molecular flexibility index (Phi) is 3.12. The first-order chi connectivity index (χ1) is 7.75. The van der Waals surface area contributed by atoms with Crippen LogP contribution in [0.1, 0.15) is 0 Å². The van der Waals surface area contributed by atoms with Gasteiger partial charge in [0.1, 0.15) is 0 Å². The first kappa shape index (κ1) is 10.6. The lowest BCUT2D eigenvalue weighted by Gasteiger charge is -2.00. The molecule has 0 heterocycles. The number of hydrogen-bond acceptors (Lipinski definition) is 3. The van der Waals surface area contributed by atoms with Gasteiger partial charge >= 0.3 is 10.5 Å². The van der Waals surface area contributed by atoms with Gasteiger partial charge in [0.05, 0.1) is 5.69 Å². The van der Waals surface area contributed by atoms with Gasteiger partial charge in [-0.05, 0) is 23.3 Å². The lowest BCUT2D eigenvalue weighted by Crippen LogP contribution is -1.75. The van der Waals surface area contributed by atoms with Crippen LogP contribution < -0.4 is 0 Å². The van der Waals surface area contributed by atoms with Gasteiger partial charge in [0.25, 0.3) is 0 Å². The summed E-state index contributed by atoms with van der Waals surface area (Å²) in [5.41, 5.74) is 2.57. The van der Waals surface area contributed by atoms with Crippen molar-refractivity contribution in [2.24, 2.45) is 4.36 Å². The average Bonchev–Trinajstić information content (AvgIpc) is 2.30. The fourth-order valence-electron chi connectivity index (χ4n) is 1.43. The highest BCUT2D eigenvalue weighted by atomic mass is 32.2. The van der Waals surface area contributed by atoms with E-state index in [4.69, 9.17) is 0 Å². The first-order valence-corrected chi connectivity index (χ1v) is 5.75. The zero-order chi connectivity index (χ0) is 11.4. The van der Waals surface area contributed by atoms with Crippen LogP contribution in [0, 0.1) is 0 Å².